The van der Waals surface area contributed by atoms with Gasteiger partial charge in [-0.15, -0.1) is 0 Å². The standard InChI is InChI=1S/C28H30N2O6/c31-27-24(15-9-17-35-19-21-10-3-1-4-11-21)25(18-29(33)34)23-14-7-8-16-26(23)30(27)28(32)36-20-22-12-5-2-6-13-22/h1-8,10-14,16,24-25,27,31H,9,15,17-20H2/t24-,25-,27+/m1/s1. The van der Waals surface area contributed by atoms with Crippen molar-refractivity contribution in [3.05, 3.63) is 112 Å². The number of anilines is 1. The van der Waals surface area contributed by atoms with Crippen molar-refractivity contribution in [1.29, 1.82) is 0 Å². The Morgan fingerprint density at radius 3 is 2.19 bits per heavy atom. The Labute approximate surface area is 210 Å². The third-order valence-corrected chi connectivity index (χ3v) is 6.45. The minimum Gasteiger partial charge on any atom is -0.444 e. The smallest absolute Gasteiger partial charge is 0.416 e. The number of aliphatic hydroxyl groups is 1. The van der Waals surface area contributed by atoms with Crippen molar-refractivity contribution < 1.29 is 24.3 Å². The highest BCUT2D eigenvalue weighted by atomic mass is 16.6. The number of rotatable bonds is 10. The van der Waals surface area contributed by atoms with E-state index in [0.29, 0.717) is 37.3 Å². The van der Waals surface area contributed by atoms with Crippen molar-refractivity contribution in [2.45, 2.75) is 38.2 Å². The highest BCUT2D eigenvalue weighted by Gasteiger charge is 2.45. The summed E-state index contributed by atoms with van der Waals surface area (Å²) in [4.78, 5) is 25.5. The van der Waals surface area contributed by atoms with Gasteiger partial charge in [-0.25, -0.2) is 4.79 Å². The Morgan fingerprint density at radius 1 is 0.917 bits per heavy atom. The fraction of sp³-hybridized carbons (Fsp3) is 0.321. The summed E-state index contributed by atoms with van der Waals surface area (Å²) >= 11 is 0. The van der Waals surface area contributed by atoms with Crippen molar-refractivity contribution in [2.24, 2.45) is 5.92 Å². The van der Waals surface area contributed by atoms with E-state index >= 15 is 0 Å². The van der Waals surface area contributed by atoms with Crippen LogP contribution in [0.25, 0.3) is 0 Å². The van der Waals surface area contributed by atoms with Crippen molar-refractivity contribution in [3.8, 4) is 0 Å². The third-order valence-electron chi connectivity index (χ3n) is 6.45. The summed E-state index contributed by atoms with van der Waals surface area (Å²) in [5.74, 6) is -1.09. The van der Waals surface area contributed by atoms with Gasteiger partial charge in [0.1, 0.15) is 12.8 Å². The van der Waals surface area contributed by atoms with Crippen LogP contribution in [0.1, 0.15) is 35.4 Å². The Bertz CT molecular complexity index is 1140. The van der Waals surface area contributed by atoms with Crippen LogP contribution >= 0.6 is 0 Å². The molecule has 3 aromatic carbocycles. The number of para-hydroxylation sites is 1. The monoisotopic (exact) mass is 490 g/mol. The number of aliphatic hydroxyl groups excluding tert-OH is 1. The van der Waals surface area contributed by atoms with Gasteiger partial charge in [-0.1, -0.05) is 78.9 Å². The minimum atomic E-state index is -1.26. The third kappa shape index (κ3) is 6.27. The van der Waals surface area contributed by atoms with Crippen LogP contribution in [0.4, 0.5) is 10.5 Å². The van der Waals surface area contributed by atoms with Crippen LogP contribution in [0, 0.1) is 16.0 Å². The van der Waals surface area contributed by atoms with Crippen LogP contribution in [-0.2, 0) is 22.7 Å². The number of benzene rings is 3. The molecule has 1 heterocycles. The molecule has 8 heteroatoms. The fourth-order valence-electron chi connectivity index (χ4n) is 4.72. The first-order chi connectivity index (χ1) is 17.5. The van der Waals surface area contributed by atoms with E-state index in [-0.39, 0.29) is 18.1 Å². The van der Waals surface area contributed by atoms with Gasteiger partial charge in [-0.05, 0) is 35.6 Å². The molecule has 0 bridgehead atoms. The van der Waals surface area contributed by atoms with Gasteiger partial charge in [0.15, 0.2) is 0 Å². The second-order valence-electron chi connectivity index (χ2n) is 8.85. The van der Waals surface area contributed by atoms with Gasteiger partial charge >= 0.3 is 6.09 Å². The lowest BCUT2D eigenvalue weighted by atomic mass is 9.77. The number of carbonyl (C=O) groups is 1. The first kappa shape index (κ1) is 25.3. The first-order valence-corrected chi connectivity index (χ1v) is 12.0. The molecular formula is C28H30N2O6. The van der Waals surface area contributed by atoms with Crippen LogP contribution in [0.3, 0.4) is 0 Å². The predicted molar refractivity (Wildman–Crippen MR) is 135 cm³/mol. The van der Waals surface area contributed by atoms with Gasteiger partial charge in [-0.2, -0.15) is 0 Å². The van der Waals surface area contributed by atoms with Crippen LogP contribution < -0.4 is 4.90 Å². The molecule has 3 atom stereocenters. The average molecular weight is 491 g/mol. The number of hydrogen-bond donors (Lipinski definition) is 1. The molecule has 36 heavy (non-hydrogen) atoms. The van der Waals surface area contributed by atoms with Gasteiger partial charge in [0.25, 0.3) is 0 Å². The Morgan fingerprint density at radius 2 is 1.53 bits per heavy atom. The molecule has 0 fully saturated rings. The van der Waals surface area contributed by atoms with Crippen molar-refractivity contribution in [1.82, 2.24) is 0 Å². The Hall–Kier alpha value is -3.75. The van der Waals surface area contributed by atoms with Gasteiger partial charge in [0, 0.05) is 17.4 Å². The molecule has 0 aromatic heterocycles. The summed E-state index contributed by atoms with van der Waals surface area (Å²) in [5, 5.41) is 22.9. The lowest BCUT2D eigenvalue weighted by molar-refractivity contribution is -0.485. The number of amides is 1. The Kier molecular flexibility index (Phi) is 8.65. The summed E-state index contributed by atoms with van der Waals surface area (Å²) < 4.78 is 11.3. The number of fused-ring (bicyclic) bond motifs is 1. The van der Waals surface area contributed by atoms with Crippen LogP contribution in [0.5, 0.6) is 0 Å². The maximum absolute atomic E-state index is 13.1. The summed E-state index contributed by atoms with van der Waals surface area (Å²) in [6.45, 7) is 0.619. The topological polar surface area (TPSA) is 102 Å². The second kappa shape index (κ2) is 12.3. The number of hydrogen-bond acceptors (Lipinski definition) is 6. The summed E-state index contributed by atoms with van der Waals surface area (Å²) in [7, 11) is 0. The maximum Gasteiger partial charge on any atom is 0.416 e. The lowest BCUT2D eigenvalue weighted by Gasteiger charge is -2.42. The molecule has 1 amide bonds. The molecule has 4 rings (SSSR count). The fourth-order valence-corrected chi connectivity index (χ4v) is 4.72. The molecule has 3 aromatic rings. The predicted octanol–water partition coefficient (Wildman–Crippen LogP) is 5.14. The summed E-state index contributed by atoms with van der Waals surface area (Å²) in [5.41, 5.74) is 2.98. The number of carbonyl (C=O) groups excluding carboxylic acids is 1. The quantitative estimate of drug-likeness (QED) is 0.240. The highest BCUT2D eigenvalue weighted by molar-refractivity contribution is 5.90. The average Bonchev–Trinajstić information content (AvgIpc) is 2.89. The van der Waals surface area contributed by atoms with Gasteiger partial charge in [0.2, 0.25) is 6.54 Å². The molecule has 1 N–H and O–H groups in total. The lowest BCUT2D eigenvalue weighted by Crippen LogP contribution is -2.51. The molecule has 8 nitrogen and oxygen atoms in total. The summed E-state index contributed by atoms with van der Waals surface area (Å²) in [6.07, 6.45) is -0.922. The zero-order chi connectivity index (χ0) is 25.3. The number of nitrogens with zero attached hydrogens (tertiary/aromatic N) is 2. The van der Waals surface area contributed by atoms with Crippen LogP contribution in [0.15, 0.2) is 84.9 Å². The summed E-state index contributed by atoms with van der Waals surface area (Å²) in [6, 6.07) is 26.1. The second-order valence-corrected chi connectivity index (χ2v) is 8.85. The van der Waals surface area contributed by atoms with Crippen LogP contribution in [-0.4, -0.2) is 35.5 Å². The molecule has 0 spiro atoms. The van der Waals surface area contributed by atoms with E-state index < -0.39 is 24.2 Å². The zero-order valence-electron chi connectivity index (χ0n) is 19.9. The van der Waals surface area contributed by atoms with Crippen molar-refractivity contribution in [3.63, 3.8) is 0 Å². The van der Waals surface area contributed by atoms with E-state index in [0.717, 1.165) is 11.1 Å². The molecule has 0 aliphatic carbocycles. The van der Waals surface area contributed by atoms with Gasteiger partial charge in [-0.3, -0.25) is 15.0 Å². The molecule has 0 radical (unpaired) electrons. The van der Waals surface area contributed by atoms with Gasteiger partial charge in [0.05, 0.1) is 18.2 Å². The first-order valence-electron chi connectivity index (χ1n) is 12.0. The molecule has 188 valence electrons. The highest BCUT2D eigenvalue weighted by Crippen LogP contribution is 2.43. The molecule has 0 unspecified atom stereocenters. The van der Waals surface area contributed by atoms with E-state index in [4.69, 9.17) is 9.47 Å². The van der Waals surface area contributed by atoms with E-state index in [2.05, 4.69) is 0 Å². The SMILES string of the molecule is O=C(OCc1ccccc1)N1c2ccccc2[C@@H](C[N+](=O)[O-])[C@@H](CCCOCc2ccccc2)[C@@H]1O. The maximum atomic E-state index is 13.1. The van der Waals surface area contributed by atoms with E-state index in [9.17, 15) is 20.0 Å². The molecule has 1 aliphatic rings. The molecule has 0 saturated carbocycles. The van der Waals surface area contributed by atoms with E-state index in [1.807, 2.05) is 60.7 Å². The minimum absolute atomic E-state index is 0.0569. The largest absolute Gasteiger partial charge is 0.444 e. The number of ether oxygens (including phenoxy) is 2. The number of nitro groups is 1. The van der Waals surface area contributed by atoms with E-state index in [1.165, 1.54) is 4.90 Å². The van der Waals surface area contributed by atoms with Crippen LogP contribution in [0.2, 0.25) is 0 Å². The zero-order valence-corrected chi connectivity index (χ0v) is 19.9. The van der Waals surface area contributed by atoms with Gasteiger partial charge < -0.3 is 14.6 Å². The Balaban J connectivity index is 1.48. The molecule has 0 saturated heterocycles. The van der Waals surface area contributed by atoms with E-state index in [1.54, 1.807) is 24.3 Å². The normalized spacial score (nSPS) is 18.9. The molecule has 1 aliphatic heterocycles. The van der Waals surface area contributed by atoms with Crippen molar-refractivity contribution >= 4 is 11.8 Å². The van der Waals surface area contributed by atoms with Crippen molar-refractivity contribution in [2.75, 3.05) is 18.1 Å². The molecular weight excluding hydrogens is 460 g/mol.